The molecule has 1 aliphatic rings. The Bertz CT molecular complexity index is 1040. The topological polar surface area (TPSA) is 60.3 Å². The van der Waals surface area contributed by atoms with Gasteiger partial charge < -0.3 is 14.2 Å². The highest BCUT2D eigenvalue weighted by molar-refractivity contribution is 7.22. The summed E-state index contributed by atoms with van der Waals surface area (Å²) in [5.74, 6) is 0.741. The minimum absolute atomic E-state index is 0.196. The Labute approximate surface area is 166 Å². The Kier molecular flexibility index (Phi) is 5.16. The highest BCUT2D eigenvalue weighted by Gasteiger charge is 2.20. The Balaban J connectivity index is 1.84. The van der Waals surface area contributed by atoms with Crippen molar-refractivity contribution in [1.82, 2.24) is 14.5 Å². The second-order valence-electron chi connectivity index (χ2n) is 6.55. The first-order chi connectivity index (χ1) is 13.1. The maximum atomic E-state index is 12.6. The third-order valence-corrected chi connectivity index (χ3v) is 6.40. The van der Waals surface area contributed by atoms with Crippen LogP contribution in [0.15, 0.2) is 23.0 Å². The Morgan fingerprint density at radius 2 is 2.04 bits per heavy atom. The Hall–Kier alpha value is -1.96. The second kappa shape index (κ2) is 7.58. The summed E-state index contributed by atoms with van der Waals surface area (Å²) in [5.41, 5.74) is 2.65. The predicted octanol–water partition coefficient (Wildman–Crippen LogP) is 3.26. The third kappa shape index (κ3) is 3.47. The van der Waals surface area contributed by atoms with E-state index < -0.39 is 0 Å². The zero-order chi connectivity index (χ0) is 19.0. The van der Waals surface area contributed by atoms with Crippen LogP contribution in [0.5, 0.6) is 0 Å². The molecule has 142 valence electrons. The molecule has 3 aromatic rings. The fourth-order valence-electron chi connectivity index (χ4n) is 3.29. The van der Waals surface area contributed by atoms with E-state index in [1.165, 1.54) is 11.3 Å². The molecule has 27 heavy (non-hydrogen) atoms. The van der Waals surface area contributed by atoms with Crippen LogP contribution in [0.25, 0.3) is 10.3 Å². The van der Waals surface area contributed by atoms with Crippen molar-refractivity contribution >= 4 is 38.4 Å². The highest BCUT2D eigenvalue weighted by Crippen LogP contribution is 2.28. The van der Waals surface area contributed by atoms with E-state index in [1.807, 2.05) is 26.0 Å². The number of morpholine rings is 1. The van der Waals surface area contributed by atoms with E-state index in [9.17, 15) is 4.79 Å². The van der Waals surface area contributed by atoms with Gasteiger partial charge in [-0.05, 0) is 24.1 Å². The minimum Gasteiger partial charge on any atom is -0.378 e. The van der Waals surface area contributed by atoms with Gasteiger partial charge in [0, 0.05) is 24.5 Å². The van der Waals surface area contributed by atoms with E-state index in [1.54, 1.807) is 0 Å². The molecule has 0 saturated carbocycles. The van der Waals surface area contributed by atoms with Crippen molar-refractivity contribution in [3.8, 4) is 0 Å². The lowest BCUT2D eigenvalue weighted by atomic mass is 10.1. The molecular weight excluding hydrogens is 384 g/mol. The summed E-state index contributed by atoms with van der Waals surface area (Å²) in [4.78, 5) is 23.9. The van der Waals surface area contributed by atoms with Gasteiger partial charge in [-0.15, -0.1) is 0 Å². The van der Waals surface area contributed by atoms with Crippen LogP contribution in [0.2, 0.25) is 5.02 Å². The SMILES string of the molecule is CCc1nc(=O)c2sc(N3CCOCC3)nc2n1Cc1cccc(Cl)c1C. The van der Waals surface area contributed by atoms with Crippen LogP contribution in [0, 0.1) is 6.92 Å². The fourth-order valence-corrected chi connectivity index (χ4v) is 4.49. The average molecular weight is 405 g/mol. The van der Waals surface area contributed by atoms with Crippen molar-refractivity contribution < 1.29 is 4.74 Å². The van der Waals surface area contributed by atoms with Gasteiger partial charge in [-0.25, -0.2) is 4.98 Å². The van der Waals surface area contributed by atoms with Crippen molar-refractivity contribution in [2.45, 2.75) is 26.8 Å². The van der Waals surface area contributed by atoms with Crippen molar-refractivity contribution in [3.05, 3.63) is 50.5 Å². The number of halogens is 1. The van der Waals surface area contributed by atoms with Gasteiger partial charge in [0.1, 0.15) is 10.5 Å². The highest BCUT2D eigenvalue weighted by atomic mass is 35.5. The molecule has 1 fully saturated rings. The van der Waals surface area contributed by atoms with Gasteiger partial charge in [0.25, 0.3) is 5.56 Å². The molecule has 0 spiro atoms. The molecule has 2 aromatic heterocycles. The molecule has 0 N–H and O–H groups in total. The summed E-state index contributed by atoms with van der Waals surface area (Å²) < 4.78 is 8.08. The molecular formula is C19H21ClN4O2S. The standard InChI is InChI=1S/C19H21ClN4O2S/c1-3-15-21-18(25)16-17(22-19(27-16)23-7-9-26-10-8-23)24(15)11-13-5-4-6-14(20)12(13)2/h4-6H,3,7-11H2,1-2H3. The van der Waals surface area contributed by atoms with Crippen LogP contribution in [-0.4, -0.2) is 40.8 Å². The number of aryl methyl sites for hydroxylation is 1. The van der Waals surface area contributed by atoms with Gasteiger partial charge in [-0.2, -0.15) is 4.98 Å². The number of thiazole rings is 1. The summed E-state index contributed by atoms with van der Waals surface area (Å²) in [5, 5.41) is 1.60. The van der Waals surface area contributed by atoms with Gasteiger partial charge in [0.15, 0.2) is 10.8 Å². The van der Waals surface area contributed by atoms with Crippen LogP contribution in [0.1, 0.15) is 23.9 Å². The monoisotopic (exact) mass is 404 g/mol. The van der Waals surface area contributed by atoms with Gasteiger partial charge >= 0.3 is 0 Å². The molecule has 4 rings (SSSR count). The maximum absolute atomic E-state index is 12.6. The summed E-state index contributed by atoms with van der Waals surface area (Å²) in [7, 11) is 0. The van der Waals surface area contributed by atoms with Crippen molar-refractivity contribution in [3.63, 3.8) is 0 Å². The molecule has 1 saturated heterocycles. The molecule has 0 radical (unpaired) electrons. The van der Waals surface area contributed by atoms with Crippen LogP contribution in [0.4, 0.5) is 5.13 Å². The molecule has 1 aromatic carbocycles. The molecule has 0 aliphatic carbocycles. The number of benzene rings is 1. The van der Waals surface area contributed by atoms with Crippen LogP contribution in [-0.2, 0) is 17.7 Å². The largest absolute Gasteiger partial charge is 0.378 e. The molecule has 3 heterocycles. The van der Waals surface area contributed by atoms with Crippen molar-refractivity contribution in [2.75, 3.05) is 31.2 Å². The molecule has 8 heteroatoms. The Morgan fingerprint density at radius 1 is 1.26 bits per heavy atom. The lowest BCUT2D eigenvalue weighted by Gasteiger charge is -2.25. The Morgan fingerprint density at radius 3 is 2.78 bits per heavy atom. The summed E-state index contributed by atoms with van der Waals surface area (Å²) in [6.07, 6.45) is 0.662. The first-order valence-corrected chi connectivity index (χ1v) is 10.2. The smallest absolute Gasteiger partial charge is 0.292 e. The van der Waals surface area contributed by atoms with E-state index in [2.05, 4.69) is 20.5 Å². The van der Waals surface area contributed by atoms with E-state index in [4.69, 9.17) is 21.3 Å². The molecule has 1 aliphatic heterocycles. The first-order valence-electron chi connectivity index (χ1n) is 9.05. The molecule has 0 atom stereocenters. The fraction of sp³-hybridized carbons (Fsp3) is 0.421. The number of ether oxygens (including phenoxy) is 1. The quantitative estimate of drug-likeness (QED) is 0.668. The van der Waals surface area contributed by atoms with Crippen molar-refractivity contribution in [1.29, 1.82) is 0 Å². The number of fused-ring (bicyclic) bond motifs is 1. The molecule has 0 bridgehead atoms. The van der Waals surface area contributed by atoms with Gasteiger partial charge in [0.2, 0.25) is 0 Å². The van der Waals surface area contributed by atoms with Gasteiger partial charge in [0.05, 0.1) is 19.8 Å². The number of rotatable bonds is 4. The van der Waals surface area contributed by atoms with Crippen LogP contribution >= 0.6 is 22.9 Å². The number of hydrogen-bond acceptors (Lipinski definition) is 6. The molecule has 0 amide bonds. The van der Waals surface area contributed by atoms with E-state index in [0.717, 1.165) is 40.2 Å². The summed E-state index contributed by atoms with van der Waals surface area (Å²) >= 11 is 7.71. The van der Waals surface area contributed by atoms with Crippen LogP contribution < -0.4 is 10.5 Å². The van der Waals surface area contributed by atoms with Crippen molar-refractivity contribution in [2.24, 2.45) is 0 Å². The number of nitrogens with zero attached hydrogens (tertiary/aromatic N) is 4. The van der Waals surface area contributed by atoms with Gasteiger partial charge in [-0.3, -0.25) is 4.79 Å². The number of hydrogen-bond donors (Lipinski definition) is 0. The molecule has 6 nitrogen and oxygen atoms in total. The average Bonchev–Trinajstić information content (AvgIpc) is 3.14. The lowest BCUT2D eigenvalue weighted by Crippen LogP contribution is -2.36. The van der Waals surface area contributed by atoms with Crippen LogP contribution in [0.3, 0.4) is 0 Å². The van der Waals surface area contributed by atoms with E-state index in [-0.39, 0.29) is 5.56 Å². The zero-order valence-electron chi connectivity index (χ0n) is 15.4. The predicted molar refractivity (Wildman–Crippen MR) is 109 cm³/mol. The number of aromatic nitrogens is 3. The zero-order valence-corrected chi connectivity index (χ0v) is 16.9. The second-order valence-corrected chi connectivity index (χ2v) is 7.93. The number of anilines is 1. The third-order valence-electron chi connectivity index (χ3n) is 4.90. The minimum atomic E-state index is -0.196. The van der Waals surface area contributed by atoms with E-state index in [0.29, 0.717) is 36.5 Å². The normalized spacial score (nSPS) is 14.9. The van der Waals surface area contributed by atoms with Gasteiger partial charge in [-0.1, -0.05) is 42.0 Å². The summed E-state index contributed by atoms with van der Waals surface area (Å²) in [6.45, 7) is 7.54. The molecule has 0 unspecified atom stereocenters. The first kappa shape index (κ1) is 18.4. The summed E-state index contributed by atoms with van der Waals surface area (Å²) in [6, 6.07) is 5.89. The lowest BCUT2D eigenvalue weighted by molar-refractivity contribution is 0.122. The maximum Gasteiger partial charge on any atom is 0.292 e. The van der Waals surface area contributed by atoms with E-state index >= 15 is 0 Å².